The van der Waals surface area contributed by atoms with E-state index in [0.29, 0.717) is 0 Å². The summed E-state index contributed by atoms with van der Waals surface area (Å²) in [7, 11) is 2.04. The smallest absolute Gasteiger partial charge is 0.0524 e. The first-order valence-corrected chi connectivity index (χ1v) is 5.49. The predicted octanol–water partition coefficient (Wildman–Crippen LogP) is 1.92. The van der Waals surface area contributed by atoms with Gasteiger partial charge in [-0.15, -0.1) is 0 Å². The standard InChI is InChI=1S/C9H13BrN2/c1-12-9-3-2-7(5-10)4-8(9)6-11-12/h6-7H,2-5H2,1H3. The summed E-state index contributed by atoms with van der Waals surface area (Å²) in [5, 5.41) is 5.39. The topological polar surface area (TPSA) is 17.8 Å². The third-order valence-corrected chi connectivity index (χ3v) is 3.58. The molecule has 1 unspecified atom stereocenters. The molecule has 0 amide bonds. The van der Waals surface area contributed by atoms with Crippen LogP contribution in [0.25, 0.3) is 0 Å². The normalized spacial score (nSPS) is 22.3. The van der Waals surface area contributed by atoms with Crippen LogP contribution in [0.2, 0.25) is 0 Å². The lowest BCUT2D eigenvalue weighted by Crippen LogP contribution is -2.16. The molecule has 0 radical (unpaired) electrons. The maximum atomic E-state index is 4.27. The van der Waals surface area contributed by atoms with Gasteiger partial charge in [-0.3, -0.25) is 4.68 Å². The van der Waals surface area contributed by atoms with Crippen LogP contribution in [-0.2, 0) is 19.9 Å². The zero-order valence-electron chi connectivity index (χ0n) is 7.26. The van der Waals surface area contributed by atoms with E-state index in [1.807, 2.05) is 17.9 Å². The molecule has 0 N–H and O–H groups in total. The molecule has 0 fully saturated rings. The van der Waals surface area contributed by atoms with Crippen LogP contribution in [0, 0.1) is 5.92 Å². The number of fused-ring (bicyclic) bond motifs is 1. The van der Waals surface area contributed by atoms with Crippen molar-refractivity contribution in [2.24, 2.45) is 13.0 Å². The van der Waals surface area contributed by atoms with Crippen LogP contribution in [0.3, 0.4) is 0 Å². The van der Waals surface area contributed by atoms with E-state index in [1.165, 1.54) is 30.5 Å². The molecule has 0 saturated carbocycles. The van der Waals surface area contributed by atoms with E-state index >= 15 is 0 Å². The molecule has 1 aromatic rings. The first-order valence-electron chi connectivity index (χ1n) is 4.37. The highest BCUT2D eigenvalue weighted by Crippen LogP contribution is 2.25. The number of nitrogens with zero attached hydrogens (tertiary/aromatic N) is 2. The van der Waals surface area contributed by atoms with E-state index in [4.69, 9.17) is 0 Å². The van der Waals surface area contributed by atoms with Crippen molar-refractivity contribution in [3.63, 3.8) is 0 Å². The van der Waals surface area contributed by atoms with Crippen LogP contribution in [0.4, 0.5) is 0 Å². The average molecular weight is 229 g/mol. The maximum absolute atomic E-state index is 4.27. The van der Waals surface area contributed by atoms with Gasteiger partial charge in [0.05, 0.1) is 6.20 Å². The van der Waals surface area contributed by atoms with Crippen molar-refractivity contribution in [1.82, 2.24) is 9.78 Å². The second kappa shape index (κ2) is 3.21. The Morgan fingerprint density at radius 1 is 1.75 bits per heavy atom. The Balaban J connectivity index is 2.24. The summed E-state index contributed by atoms with van der Waals surface area (Å²) < 4.78 is 2.01. The van der Waals surface area contributed by atoms with Crippen molar-refractivity contribution in [1.29, 1.82) is 0 Å². The molecule has 2 rings (SSSR count). The molecule has 1 aliphatic carbocycles. The van der Waals surface area contributed by atoms with E-state index in [2.05, 4.69) is 21.0 Å². The van der Waals surface area contributed by atoms with Crippen LogP contribution in [0.1, 0.15) is 17.7 Å². The molecule has 0 saturated heterocycles. The van der Waals surface area contributed by atoms with Gasteiger partial charge in [0, 0.05) is 18.1 Å². The molecule has 2 nitrogen and oxygen atoms in total. The van der Waals surface area contributed by atoms with E-state index < -0.39 is 0 Å². The van der Waals surface area contributed by atoms with Gasteiger partial charge in [0.25, 0.3) is 0 Å². The Labute approximate surface area is 81.1 Å². The van der Waals surface area contributed by atoms with Crippen molar-refractivity contribution in [3.05, 3.63) is 17.5 Å². The zero-order chi connectivity index (χ0) is 8.55. The Morgan fingerprint density at radius 2 is 2.58 bits per heavy atom. The molecule has 0 bridgehead atoms. The van der Waals surface area contributed by atoms with Crippen LogP contribution in [0.5, 0.6) is 0 Å². The van der Waals surface area contributed by atoms with Crippen LogP contribution in [-0.4, -0.2) is 15.1 Å². The average Bonchev–Trinajstić information content (AvgIpc) is 2.47. The summed E-state index contributed by atoms with van der Waals surface area (Å²) in [6, 6.07) is 0. The second-order valence-electron chi connectivity index (χ2n) is 3.50. The van der Waals surface area contributed by atoms with Crippen molar-refractivity contribution in [2.75, 3.05) is 5.33 Å². The van der Waals surface area contributed by atoms with E-state index in [-0.39, 0.29) is 0 Å². The number of alkyl halides is 1. The van der Waals surface area contributed by atoms with E-state index in [9.17, 15) is 0 Å². The lowest BCUT2D eigenvalue weighted by atomic mass is 9.89. The first-order chi connectivity index (χ1) is 5.81. The Kier molecular flexibility index (Phi) is 2.22. The molecule has 66 valence electrons. The minimum absolute atomic E-state index is 0.821. The van der Waals surface area contributed by atoms with Gasteiger partial charge in [-0.05, 0) is 30.7 Å². The fraction of sp³-hybridized carbons (Fsp3) is 0.667. The minimum atomic E-state index is 0.821. The molecule has 3 heteroatoms. The highest BCUT2D eigenvalue weighted by molar-refractivity contribution is 9.09. The van der Waals surface area contributed by atoms with Gasteiger partial charge in [-0.25, -0.2) is 0 Å². The van der Waals surface area contributed by atoms with Gasteiger partial charge in [0.1, 0.15) is 0 Å². The number of halogens is 1. The molecule has 0 aliphatic heterocycles. The summed E-state index contributed by atoms with van der Waals surface area (Å²) in [5.41, 5.74) is 2.89. The lowest BCUT2D eigenvalue weighted by Gasteiger charge is -2.19. The van der Waals surface area contributed by atoms with E-state index in [0.717, 1.165) is 11.2 Å². The van der Waals surface area contributed by atoms with Gasteiger partial charge in [0.15, 0.2) is 0 Å². The number of aromatic nitrogens is 2. The van der Waals surface area contributed by atoms with Crippen LogP contribution in [0.15, 0.2) is 6.20 Å². The zero-order valence-corrected chi connectivity index (χ0v) is 8.84. The Hall–Kier alpha value is -0.310. The number of rotatable bonds is 1. The third kappa shape index (κ3) is 1.30. The van der Waals surface area contributed by atoms with Gasteiger partial charge in [0.2, 0.25) is 0 Å². The van der Waals surface area contributed by atoms with Crippen molar-refractivity contribution >= 4 is 15.9 Å². The number of aryl methyl sites for hydroxylation is 1. The SMILES string of the molecule is Cn1ncc2c1CCC(CBr)C2. The third-order valence-electron chi connectivity index (χ3n) is 2.66. The molecule has 12 heavy (non-hydrogen) atoms. The largest absolute Gasteiger partial charge is 0.272 e. The Morgan fingerprint density at radius 3 is 3.33 bits per heavy atom. The fourth-order valence-electron chi connectivity index (χ4n) is 1.89. The fourth-order valence-corrected chi connectivity index (χ4v) is 2.44. The number of hydrogen-bond acceptors (Lipinski definition) is 1. The molecule has 1 heterocycles. The summed E-state index contributed by atoms with van der Waals surface area (Å²) in [6.45, 7) is 0. The van der Waals surface area contributed by atoms with Gasteiger partial charge in [-0.1, -0.05) is 15.9 Å². The molecule has 1 aliphatic rings. The van der Waals surface area contributed by atoms with Gasteiger partial charge < -0.3 is 0 Å². The van der Waals surface area contributed by atoms with E-state index in [1.54, 1.807) is 0 Å². The monoisotopic (exact) mass is 228 g/mol. The quantitative estimate of drug-likeness (QED) is 0.672. The highest BCUT2D eigenvalue weighted by Gasteiger charge is 2.20. The molecular weight excluding hydrogens is 216 g/mol. The molecule has 1 atom stereocenters. The summed E-state index contributed by atoms with van der Waals surface area (Å²) in [4.78, 5) is 0. The molecule has 0 aromatic carbocycles. The summed E-state index contributed by atoms with van der Waals surface area (Å²) in [5.74, 6) is 0.821. The van der Waals surface area contributed by atoms with Crippen molar-refractivity contribution in [3.8, 4) is 0 Å². The predicted molar refractivity (Wildman–Crippen MR) is 52.5 cm³/mol. The second-order valence-corrected chi connectivity index (χ2v) is 4.15. The molecule has 1 aromatic heterocycles. The van der Waals surface area contributed by atoms with Crippen molar-refractivity contribution < 1.29 is 0 Å². The maximum Gasteiger partial charge on any atom is 0.0524 e. The molecular formula is C9H13BrN2. The van der Waals surface area contributed by atoms with Gasteiger partial charge >= 0.3 is 0 Å². The first kappa shape index (κ1) is 8.30. The summed E-state index contributed by atoms with van der Waals surface area (Å²) >= 11 is 3.54. The van der Waals surface area contributed by atoms with Gasteiger partial charge in [-0.2, -0.15) is 5.10 Å². The lowest BCUT2D eigenvalue weighted by molar-refractivity contribution is 0.496. The van der Waals surface area contributed by atoms with Crippen LogP contribution < -0.4 is 0 Å². The minimum Gasteiger partial charge on any atom is -0.272 e. The van der Waals surface area contributed by atoms with Crippen LogP contribution >= 0.6 is 15.9 Å². The summed E-state index contributed by atoms with van der Waals surface area (Å²) in [6.07, 6.45) is 5.72. The Bertz CT molecular complexity index is 280. The highest BCUT2D eigenvalue weighted by atomic mass is 79.9. The van der Waals surface area contributed by atoms with Crippen molar-refractivity contribution in [2.45, 2.75) is 19.3 Å². The molecule has 0 spiro atoms. The number of hydrogen-bond donors (Lipinski definition) is 0.